The highest BCUT2D eigenvalue weighted by Crippen LogP contribution is 2.30. The van der Waals surface area contributed by atoms with Crippen molar-refractivity contribution in [1.29, 1.82) is 0 Å². The number of aromatic nitrogens is 2. The second-order valence-corrected chi connectivity index (χ2v) is 5.27. The minimum Gasteiger partial charge on any atom is -0.354 e. The first-order valence-electron chi connectivity index (χ1n) is 6.19. The molecule has 0 saturated heterocycles. The minimum absolute atomic E-state index is 0.0676. The molecule has 9 heteroatoms. The molecule has 0 aliphatic heterocycles. The van der Waals surface area contributed by atoms with Gasteiger partial charge in [-0.15, -0.1) is 0 Å². The summed E-state index contributed by atoms with van der Waals surface area (Å²) in [6.45, 7) is 4.23. The molecule has 0 aliphatic rings. The number of likely N-dealkylation sites (N-methyl/N-ethyl adjacent to an activating group) is 1. The lowest BCUT2D eigenvalue weighted by molar-refractivity contribution is -0.141. The number of carbonyl (C=O) groups excluding carboxylic acids is 1. The normalized spacial score (nSPS) is 11.6. The molecule has 1 heterocycles. The van der Waals surface area contributed by atoms with Gasteiger partial charge in [-0.1, -0.05) is 13.8 Å². The van der Waals surface area contributed by atoms with Crippen LogP contribution in [-0.4, -0.2) is 36.0 Å². The van der Waals surface area contributed by atoms with Crippen LogP contribution in [0.3, 0.4) is 0 Å². The van der Waals surface area contributed by atoms with Crippen LogP contribution in [0.5, 0.6) is 0 Å². The van der Waals surface area contributed by atoms with E-state index in [9.17, 15) is 18.0 Å². The number of rotatable bonds is 5. The van der Waals surface area contributed by atoms with Gasteiger partial charge >= 0.3 is 6.18 Å². The van der Waals surface area contributed by atoms with Gasteiger partial charge in [0.2, 0.25) is 11.2 Å². The predicted octanol–water partition coefficient (Wildman–Crippen LogP) is 2.36. The summed E-state index contributed by atoms with van der Waals surface area (Å²) < 4.78 is 37.9. The molecule has 0 aromatic carbocycles. The summed E-state index contributed by atoms with van der Waals surface area (Å²) in [4.78, 5) is 19.7. The predicted molar refractivity (Wildman–Crippen MR) is 73.2 cm³/mol. The Morgan fingerprint density at radius 3 is 2.57 bits per heavy atom. The van der Waals surface area contributed by atoms with Crippen molar-refractivity contribution in [3.8, 4) is 0 Å². The number of anilines is 1. The van der Waals surface area contributed by atoms with Crippen LogP contribution in [0.15, 0.2) is 6.07 Å². The molecule has 21 heavy (non-hydrogen) atoms. The van der Waals surface area contributed by atoms with Crippen LogP contribution in [0.25, 0.3) is 0 Å². The molecule has 1 N–H and O–H groups in total. The molecule has 1 amide bonds. The van der Waals surface area contributed by atoms with Gasteiger partial charge in [-0.3, -0.25) is 4.79 Å². The Kier molecular flexibility index (Phi) is 5.77. The number of nitrogens with zero attached hydrogens (tertiary/aromatic N) is 3. The van der Waals surface area contributed by atoms with E-state index in [2.05, 4.69) is 15.3 Å². The van der Waals surface area contributed by atoms with Gasteiger partial charge in [0, 0.05) is 19.7 Å². The van der Waals surface area contributed by atoms with Crippen molar-refractivity contribution < 1.29 is 18.0 Å². The molecule has 5 nitrogen and oxygen atoms in total. The quantitative estimate of drug-likeness (QED) is 0.845. The topological polar surface area (TPSA) is 58.1 Å². The number of hydrogen-bond acceptors (Lipinski definition) is 4. The standard InChI is InChI=1S/C12H16ClF3N4O/c1-7(2)5-17-10(21)6-20(3)9-4-8(12(14,15)16)18-11(13)19-9/h4,7H,5-6H2,1-3H3,(H,17,21). The largest absolute Gasteiger partial charge is 0.433 e. The maximum absolute atomic E-state index is 12.6. The lowest BCUT2D eigenvalue weighted by Gasteiger charge is -2.19. The van der Waals surface area contributed by atoms with Crippen LogP contribution in [0.1, 0.15) is 19.5 Å². The minimum atomic E-state index is -4.62. The maximum atomic E-state index is 12.6. The van der Waals surface area contributed by atoms with Crippen LogP contribution in [-0.2, 0) is 11.0 Å². The van der Waals surface area contributed by atoms with Crippen LogP contribution < -0.4 is 10.2 Å². The van der Waals surface area contributed by atoms with E-state index in [-0.39, 0.29) is 24.2 Å². The Bertz CT molecular complexity index is 508. The van der Waals surface area contributed by atoms with E-state index in [0.29, 0.717) is 6.54 Å². The summed E-state index contributed by atoms with van der Waals surface area (Å²) in [7, 11) is 1.45. The highest BCUT2D eigenvalue weighted by molar-refractivity contribution is 6.28. The lowest BCUT2D eigenvalue weighted by atomic mass is 10.2. The van der Waals surface area contributed by atoms with E-state index >= 15 is 0 Å². The zero-order chi connectivity index (χ0) is 16.2. The van der Waals surface area contributed by atoms with Crippen molar-refractivity contribution >= 4 is 23.3 Å². The third-order valence-corrected chi connectivity index (χ3v) is 2.62. The molecule has 0 unspecified atom stereocenters. The van der Waals surface area contributed by atoms with Crippen LogP contribution in [0.4, 0.5) is 19.0 Å². The van der Waals surface area contributed by atoms with Crippen molar-refractivity contribution in [3.05, 3.63) is 17.0 Å². The first-order valence-corrected chi connectivity index (χ1v) is 6.57. The average molecular weight is 325 g/mol. The summed E-state index contributed by atoms with van der Waals surface area (Å²) in [5.74, 6) is -0.0962. The van der Waals surface area contributed by atoms with Gasteiger partial charge in [-0.2, -0.15) is 13.2 Å². The summed E-state index contributed by atoms with van der Waals surface area (Å²) in [6, 6.07) is 0.752. The van der Waals surface area contributed by atoms with Crippen molar-refractivity contribution in [1.82, 2.24) is 15.3 Å². The smallest absolute Gasteiger partial charge is 0.354 e. The molecule has 1 aromatic heterocycles. The first kappa shape index (κ1) is 17.5. The maximum Gasteiger partial charge on any atom is 0.433 e. The zero-order valence-corrected chi connectivity index (χ0v) is 12.6. The van der Waals surface area contributed by atoms with E-state index in [1.54, 1.807) is 0 Å². The van der Waals surface area contributed by atoms with Gasteiger partial charge in [-0.05, 0) is 17.5 Å². The van der Waals surface area contributed by atoms with Gasteiger partial charge < -0.3 is 10.2 Å². The number of hydrogen-bond donors (Lipinski definition) is 1. The van der Waals surface area contributed by atoms with Gasteiger partial charge in [-0.25, -0.2) is 9.97 Å². The molecule has 0 radical (unpaired) electrons. The second-order valence-electron chi connectivity index (χ2n) is 4.93. The molecule has 1 aromatic rings. The van der Waals surface area contributed by atoms with Gasteiger partial charge in [0.05, 0.1) is 6.54 Å². The number of halogens is 4. The number of alkyl halides is 3. The summed E-state index contributed by atoms with van der Waals surface area (Å²) in [5.41, 5.74) is -1.15. The molecule has 0 atom stereocenters. The lowest BCUT2D eigenvalue weighted by Crippen LogP contribution is -2.37. The van der Waals surface area contributed by atoms with E-state index in [0.717, 1.165) is 6.07 Å². The molecule has 0 saturated carbocycles. The molecule has 0 aliphatic carbocycles. The molecular formula is C12H16ClF3N4O. The van der Waals surface area contributed by atoms with Gasteiger partial charge in [0.1, 0.15) is 5.82 Å². The third-order valence-electron chi connectivity index (χ3n) is 2.46. The van der Waals surface area contributed by atoms with Crippen molar-refractivity contribution in [3.63, 3.8) is 0 Å². The fraction of sp³-hybridized carbons (Fsp3) is 0.583. The van der Waals surface area contributed by atoms with E-state index in [1.807, 2.05) is 13.8 Å². The summed E-state index contributed by atoms with van der Waals surface area (Å²) >= 11 is 5.49. The van der Waals surface area contributed by atoms with E-state index in [4.69, 9.17) is 11.6 Å². The van der Waals surface area contributed by atoms with Crippen LogP contribution in [0, 0.1) is 5.92 Å². The van der Waals surface area contributed by atoms with Crippen molar-refractivity contribution in [2.75, 3.05) is 25.0 Å². The van der Waals surface area contributed by atoms with Crippen LogP contribution >= 0.6 is 11.6 Å². The number of nitrogens with one attached hydrogen (secondary N) is 1. The van der Waals surface area contributed by atoms with Crippen LogP contribution in [0.2, 0.25) is 5.28 Å². The molecule has 1 rings (SSSR count). The molecule has 0 spiro atoms. The third kappa shape index (κ3) is 5.74. The van der Waals surface area contributed by atoms with Gasteiger partial charge in [0.15, 0.2) is 5.69 Å². The summed E-state index contributed by atoms with van der Waals surface area (Å²) in [5, 5.41) is 2.14. The highest BCUT2D eigenvalue weighted by Gasteiger charge is 2.34. The monoisotopic (exact) mass is 324 g/mol. The fourth-order valence-electron chi connectivity index (χ4n) is 1.42. The molecule has 118 valence electrons. The molecular weight excluding hydrogens is 309 g/mol. The number of amides is 1. The van der Waals surface area contributed by atoms with Crippen molar-refractivity contribution in [2.24, 2.45) is 5.92 Å². The SMILES string of the molecule is CC(C)CNC(=O)CN(C)c1cc(C(F)(F)F)nc(Cl)n1. The fourth-order valence-corrected chi connectivity index (χ4v) is 1.59. The Morgan fingerprint density at radius 2 is 2.05 bits per heavy atom. The summed E-state index contributed by atoms with van der Waals surface area (Å²) in [6.07, 6.45) is -4.62. The van der Waals surface area contributed by atoms with E-state index < -0.39 is 17.2 Å². The Labute approximate surface area is 125 Å². The van der Waals surface area contributed by atoms with Gasteiger partial charge in [0.25, 0.3) is 0 Å². The van der Waals surface area contributed by atoms with E-state index in [1.165, 1.54) is 11.9 Å². The molecule has 0 fully saturated rings. The Morgan fingerprint density at radius 1 is 1.43 bits per heavy atom. The first-order chi connectivity index (χ1) is 9.59. The highest BCUT2D eigenvalue weighted by atomic mass is 35.5. The number of carbonyl (C=O) groups is 1. The second kappa shape index (κ2) is 6.93. The Balaban J connectivity index is 2.80. The zero-order valence-electron chi connectivity index (χ0n) is 11.8. The van der Waals surface area contributed by atoms with Crippen molar-refractivity contribution in [2.45, 2.75) is 20.0 Å². The molecule has 0 bridgehead atoms. The average Bonchev–Trinajstić information content (AvgIpc) is 2.34. The Hall–Kier alpha value is -1.57.